The number of aromatic nitrogens is 3. The van der Waals surface area contributed by atoms with E-state index in [9.17, 15) is 0 Å². The molecule has 2 rings (SSSR count). The van der Waals surface area contributed by atoms with E-state index in [0.29, 0.717) is 17.9 Å². The van der Waals surface area contributed by atoms with Crippen LogP contribution in [0.25, 0.3) is 0 Å². The van der Waals surface area contributed by atoms with Crippen LogP contribution < -0.4 is 10.2 Å². The van der Waals surface area contributed by atoms with Gasteiger partial charge in [-0.25, -0.2) is 0 Å². The van der Waals surface area contributed by atoms with Gasteiger partial charge in [0.05, 0.1) is 0 Å². The zero-order valence-corrected chi connectivity index (χ0v) is 11.0. The molecule has 0 unspecified atom stereocenters. The Hall–Kier alpha value is -1.10. The van der Waals surface area contributed by atoms with Gasteiger partial charge in [0.15, 0.2) is 0 Å². The minimum Gasteiger partial charge on any atom is -0.354 e. The van der Waals surface area contributed by atoms with Gasteiger partial charge in [-0.2, -0.15) is 15.0 Å². The van der Waals surface area contributed by atoms with Crippen LogP contribution in [0.15, 0.2) is 0 Å². The lowest BCUT2D eigenvalue weighted by atomic mass is 10.4. The molecule has 0 spiro atoms. The van der Waals surface area contributed by atoms with Crippen molar-refractivity contribution in [2.24, 2.45) is 0 Å². The molecule has 1 heterocycles. The first kappa shape index (κ1) is 12.4. The first-order valence-corrected chi connectivity index (χ1v) is 6.54. The van der Waals surface area contributed by atoms with Crippen LogP contribution in [0.1, 0.15) is 33.1 Å². The molecular weight excluding hydrogens is 238 g/mol. The molecule has 1 aromatic heterocycles. The van der Waals surface area contributed by atoms with E-state index in [0.717, 1.165) is 19.5 Å². The summed E-state index contributed by atoms with van der Waals surface area (Å²) in [6, 6.07) is 0.586. The van der Waals surface area contributed by atoms with Gasteiger partial charge >= 0.3 is 0 Å². The van der Waals surface area contributed by atoms with E-state index in [2.05, 4.69) is 32.1 Å². The molecule has 0 amide bonds. The third kappa shape index (κ3) is 3.19. The zero-order valence-electron chi connectivity index (χ0n) is 10.3. The van der Waals surface area contributed by atoms with E-state index in [4.69, 9.17) is 11.6 Å². The van der Waals surface area contributed by atoms with Gasteiger partial charge in [-0.15, -0.1) is 0 Å². The number of hydrogen-bond donors (Lipinski definition) is 1. The third-order valence-corrected chi connectivity index (χ3v) is 2.81. The molecule has 1 aliphatic carbocycles. The number of rotatable bonds is 6. The lowest BCUT2D eigenvalue weighted by Crippen LogP contribution is -2.29. The minimum absolute atomic E-state index is 0.257. The van der Waals surface area contributed by atoms with E-state index >= 15 is 0 Å². The lowest BCUT2D eigenvalue weighted by molar-refractivity contribution is 0.731. The number of anilines is 2. The SMILES string of the molecule is CCCN(c1nc(Cl)nc(NCC)n1)C1CC1. The molecule has 1 aliphatic rings. The van der Waals surface area contributed by atoms with Crippen LogP contribution >= 0.6 is 11.6 Å². The summed E-state index contributed by atoms with van der Waals surface area (Å²) in [7, 11) is 0. The third-order valence-electron chi connectivity index (χ3n) is 2.64. The summed E-state index contributed by atoms with van der Waals surface area (Å²) >= 11 is 5.93. The molecular formula is C11H18ClN5. The Balaban J connectivity index is 2.22. The van der Waals surface area contributed by atoms with Crippen molar-refractivity contribution >= 4 is 23.5 Å². The summed E-state index contributed by atoms with van der Waals surface area (Å²) in [5, 5.41) is 3.33. The molecule has 0 aromatic carbocycles. The van der Waals surface area contributed by atoms with Crippen LogP contribution in [-0.2, 0) is 0 Å². The fraction of sp³-hybridized carbons (Fsp3) is 0.727. The fourth-order valence-electron chi connectivity index (χ4n) is 1.78. The van der Waals surface area contributed by atoms with Crippen LogP contribution in [0.5, 0.6) is 0 Å². The van der Waals surface area contributed by atoms with E-state index in [1.165, 1.54) is 12.8 Å². The van der Waals surface area contributed by atoms with Gasteiger partial charge < -0.3 is 10.2 Å². The average molecular weight is 256 g/mol. The maximum absolute atomic E-state index is 5.93. The first-order chi connectivity index (χ1) is 8.24. The number of nitrogens with one attached hydrogen (secondary N) is 1. The number of halogens is 1. The van der Waals surface area contributed by atoms with Crippen molar-refractivity contribution in [3.05, 3.63) is 5.28 Å². The molecule has 1 saturated carbocycles. The summed E-state index contributed by atoms with van der Waals surface area (Å²) < 4.78 is 0. The molecule has 0 saturated heterocycles. The molecule has 6 heteroatoms. The van der Waals surface area contributed by atoms with Crippen LogP contribution in [0.3, 0.4) is 0 Å². The van der Waals surface area contributed by atoms with Crippen molar-refractivity contribution in [3.8, 4) is 0 Å². The van der Waals surface area contributed by atoms with E-state index in [1.807, 2.05) is 6.92 Å². The van der Waals surface area contributed by atoms with Crippen molar-refractivity contribution < 1.29 is 0 Å². The Bertz CT molecular complexity index is 380. The van der Waals surface area contributed by atoms with Gasteiger partial charge in [0.2, 0.25) is 17.2 Å². The molecule has 17 heavy (non-hydrogen) atoms. The van der Waals surface area contributed by atoms with Crippen molar-refractivity contribution in [3.63, 3.8) is 0 Å². The van der Waals surface area contributed by atoms with Crippen LogP contribution in [-0.4, -0.2) is 34.1 Å². The largest absolute Gasteiger partial charge is 0.354 e. The van der Waals surface area contributed by atoms with Gasteiger partial charge in [-0.1, -0.05) is 6.92 Å². The zero-order chi connectivity index (χ0) is 12.3. The van der Waals surface area contributed by atoms with Crippen LogP contribution in [0, 0.1) is 0 Å². The second kappa shape index (κ2) is 5.49. The highest BCUT2D eigenvalue weighted by Crippen LogP contribution is 2.30. The molecule has 1 N–H and O–H groups in total. The van der Waals surface area contributed by atoms with Gasteiger partial charge in [0, 0.05) is 19.1 Å². The van der Waals surface area contributed by atoms with Crippen molar-refractivity contribution in [1.29, 1.82) is 0 Å². The van der Waals surface area contributed by atoms with Gasteiger partial charge in [0.1, 0.15) is 0 Å². The Morgan fingerprint density at radius 1 is 1.29 bits per heavy atom. The average Bonchev–Trinajstić information content (AvgIpc) is 3.09. The second-order valence-corrected chi connectivity index (χ2v) is 4.52. The molecule has 1 fully saturated rings. The topological polar surface area (TPSA) is 53.9 Å². The summed E-state index contributed by atoms with van der Waals surface area (Å²) in [5.74, 6) is 1.26. The summed E-state index contributed by atoms with van der Waals surface area (Å²) in [5.41, 5.74) is 0. The van der Waals surface area contributed by atoms with E-state index in [-0.39, 0.29) is 5.28 Å². The molecule has 0 radical (unpaired) electrons. The highest BCUT2D eigenvalue weighted by Gasteiger charge is 2.30. The number of nitrogens with zero attached hydrogens (tertiary/aromatic N) is 4. The molecule has 0 bridgehead atoms. The number of hydrogen-bond acceptors (Lipinski definition) is 5. The standard InChI is InChI=1S/C11H18ClN5/c1-3-7-17(8-5-6-8)11-15-9(12)14-10(16-11)13-4-2/h8H,3-7H2,1-2H3,(H,13,14,15,16). The normalized spacial score (nSPS) is 14.8. The van der Waals surface area contributed by atoms with Gasteiger partial charge in [0.25, 0.3) is 0 Å². The van der Waals surface area contributed by atoms with Crippen molar-refractivity contribution in [2.45, 2.75) is 39.2 Å². The van der Waals surface area contributed by atoms with Crippen LogP contribution in [0.2, 0.25) is 5.28 Å². The monoisotopic (exact) mass is 255 g/mol. The summed E-state index contributed by atoms with van der Waals surface area (Å²) in [6.45, 7) is 5.90. The van der Waals surface area contributed by atoms with Crippen LogP contribution in [0.4, 0.5) is 11.9 Å². The maximum Gasteiger partial charge on any atom is 0.231 e. The van der Waals surface area contributed by atoms with Gasteiger partial charge in [-0.3, -0.25) is 0 Å². The van der Waals surface area contributed by atoms with E-state index in [1.54, 1.807) is 0 Å². The van der Waals surface area contributed by atoms with Crippen molar-refractivity contribution in [2.75, 3.05) is 23.3 Å². The van der Waals surface area contributed by atoms with E-state index < -0.39 is 0 Å². The Kier molecular flexibility index (Phi) is 3.99. The van der Waals surface area contributed by atoms with Gasteiger partial charge in [-0.05, 0) is 37.8 Å². The first-order valence-electron chi connectivity index (χ1n) is 6.16. The predicted molar refractivity (Wildman–Crippen MR) is 69.7 cm³/mol. The quantitative estimate of drug-likeness (QED) is 0.846. The highest BCUT2D eigenvalue weighted by atomic mass is 35.5. The highest BCUT2D eigenvalue weighted by molar-refractivity contribution is 6.28. The lowest BCUT2D eigenvalue weighted by Gasteiger charge is -2.21. The fourth-order valence-corrected chi connectivity index (χ4v) is 1.93. The second-order valence-electron chi connectivity index (χ2n) is 4.18. The molecule has 5 nitrogen and oxygen atoms in total. The Morgan fingerprint density at radius 3 is 2.65 bits per heavy atom. The molecule has 94 valence electrons. The predicted octanol–water partition coefficient (Wildman–Crippen LogP) is 2.34. The summed E-state index contributed by atoms with van der Waals surface area (Å²) in [4.78, 5) is 14.9. The Labute approximate surface area is 107 Å². The minimum atomic E-state index is 0.257. The van der Waals surface area contributed by atoms with Crippen molar-refractivity contribution in [1.82, 2.24) is 15.0 Å². The molecule has 1 aromatic rings. The maximum atomic E-state index is 5.93. The summed E-state index contributed by atoms with van der Waals surface area (Å²) in [6.07, 6.45) is 3.52. The Morgan fingerprint density at radius 2 is 2.06 bits per heavy atom. The molecule has 0 atom stereocenters. The molecule has 0 aliphatic heterocycles. The smallest absolute Gasteiger partial charge is 0.231 e.